The van der Waals surface area contributed by atoms with Crippen molar-refractivity contribution >= 4 is 0 Å². The molecule has 0 aliphatic heterocycles. The molecule has 1 aromatic rings. The van der Waals surface area contributed by atoms with Crippen LogP contribution in [-0.2, 0) is 0 Å². The molecular weight excluding hydrogens is 284 g/mol. The SMILES string of the molecule is CC/C=C/C[C@H](CCCCCC)Oc1cc(C)ccc1OCC. The molecule has 1 rings (SSSR count). The topological polar surface area (TPSA) is 18.5 Å². The molecule has 1 aromatic carbocycles. The molecule has 0 aliphatic carbocycles. The van der Waals surface area contributed by atoms with Gasteiger partial charge in [0.1, 0.15) is 6.10 Å². The van der Waals surface area contributed by atoms with Crippen molar-refractivity contribution in [2.45, 2.75) is 78.7 Å². The zero-order valence-corrected chi connectivity index (χ0v) is 15.4. The van der Waals surface area contributed by atoms with Crippen LogP contribution in [0.2, 0.25) is 0 Å². The maximum absolute atomic E-state index is 6.33. The number of ether oxygens (including phenoxy) is 2. The van der Waals surface area contributed by atoms with Crippen molar-refractivity contribution in [1.82, 2.24) is 0 Å². The molecule has 0 amide bonds. The van der Waals surface area contributed by atoms with Crippen LogP contribution < -0.4 is 9.47 Å². The molecule has 0 fully saturated rings. The zero-order chi connectivity index (χ0) is 16.9. The molecule has 0 aromatic heterocycles. The molecule has 0 bridgehead atoms. The number of unbranched alkanes of at least 4 members (excludes halogenated alkanes) is 3. The summed E-state index contributed by atoms with van der Waals surface area (Å²) in [7, 11) is 0. The monoisotopic (exact) mass is 318 g/mol. The molecule has 0 unspecified atom stereocenters. The van der Waals surface area contributed by atoms with Crippen molar-refractivity contribution < 1.29 is 9.47 Å². The maximum Gasteiger partial charge on any atom is 0.161 e. The van der Waals surface area contributed by atoms with Crippen LogP contribution in [0, 0.1) is 6.92 Å². The Morgan fingerprint density at radius 3 is 2.52 bits per heavy atom. The van der Waals surface area contributed by atoms with E-state index in [9.17, 15) is 0 Å². The Bertz CT molecular complexity index is 451. The number of aryl methyl sites for hydroxylation is 1. The molecule has 2 heteroatoms. The highest BCUT2D eigenvalue weighted by atomic mass is 16.5. The van der Waals surface area contributed by atoms with Crippen molar-refractivity contribution in [3.63, 3.8) is 0 Å². The number of allylic oxidation sites excluding steroid dienone is 1. The Hall–Kier alpha value is -1.44. The van der Waals surface area contributed by atoms with E-state index >= 15 is 0 Å². The molecular formula is C21H34O2. The Morgan fingerprint density at radius 2 is 1.83 bits per heavy atom. The summed E-state index contributed by atoms with van der Waals surface area (Å²) >= 11 is 0. The second-order valence-corrected chi connectivity index (χ2v) is 6.09. The van der Waals surface area contributed by atoms with Gasteiger partial charge in [-0.3, -0.25) is 0 Å². The van der Waals surface area contributed by atoms with E-state index in [2.05, 4.69) is 45.1 Å². The lowest BCUT2D eigenvalue weighted by molar-refractivity contribution is 0.179. The van der Waals surface area contributed by atoms with E-state index < -0.39 is 0 Å². The third kappa shape index (κ3) is 8.11. The molecule has 0 radical (unpaired) electrons. The average Bonchev–Trinajstić information content (AvgIpc) is 2.54. The standard InChI is InChI=1S/C21H34O2/c1-5-8-10-12-14-19(13-11-9-6-2)23-21-17-18(4)15-16-20(21)22-7-3/h9,11,15-17,19H,5-8,10,12-14H2,1-4H3/b11-9+/t19-/m1/s1. The van der Waals surface area contributed by atoms with E-state index in [1.54, 1.807) is 0 Å². The van der Waals surface area contributed by atoms with Gasteiger partial charge in [-0.25, -0.2) is 0 Å². The van der Waals surface area contributed by atoms with Crippen LogP contribution in [0.3, 0.4) is 0 Å². The number of benzene rings is 1. The number of hydrogen-bond donors (Lipinski definition) is 0. The number of hydrogen-bond acceptors (Lipinski definition) is 2. The summed E-state index contributed by atoms with van der Waals surface area (Å²) in [6.45, 7) is 9.18. The smallest absolute Gasteiger partial charge is 0.161 e. The minimum absolute atomic E-state index is 0.232. The van der Waals surface area contributed by atoms with Crippen LogP contribution in [0.1, 0.15) is 71.3 Å². The fraction of sp³-hybridized carbons (Fsp3) is 0.619. The van der Waals surface area contributed by atoms with Gasteiger partial charge in [0.25, 0.3) is 0 Å². The van der Waals surface area contributed by atoms with Gasteiger partial charge in [0, 0.05) is 6.42 Å². The van der Waals surface area contributed by atoms with Gasteiger partial charge >= 0.3 is 0 Å². The first-order valence-electron chi connectivity index (χ1n) is 9.26. The summed E-state index contributed by atoms with van der Waals surface area (Å²) in [4.78, 5) is 0. The van der Waals surface area contributed by atoms with Gasteiger partial charge in [0.15, 0.2) is 11.5 Å². The molecule has 0 heterocycles. The van der Waals surface area contributed by atoms with Crippen LogP contribution in [0.5, 0.6) is 11.5 Å². The molecule has 0 spiro atoms. The molecule has 0 saturated heterocycles. The highest BCUT2D eigenvalue weighted by Gasteiger charge is 2.13. The van der Waals surface area contributed by atoms with Gasteiger partial charge in [-0.05, 0) is 50.8 Å². The fourth-order valence-electron chi connectivity index (χ4n) is 2.60. The lowest BCUT2D eigenvalue weighted by atomic mass is 10.1. The van der Waals surface area contributed by atoms with Crippen molar-refractivity contribution in [3.8, 4) is 11.5 Å². The van der Waals surface area contributed by atoms with Crippen LogP contribution >= 0.6 is 0 Å². The maximum atomic E-state index is 6.33. The normalized spacial score (nSPS) is 12.5. The van der Waals surface area contributed by atoms with Crippen molar-refractivity contribution in [1.29, 1.82) is 0 Å². The second-order valence-electron chi connectivity index (χ2n) is 6.09. The predicted octanol–water partition coefficient (Wildman–Crippen LogP) is 6.47. The van der Waals surface area contributed by atoms with E-state index in [1.165, 1.54) is 31.2 Å². The minimum Gasteiger partial charge on any atom is -0.490 e. The number of rotatable bonds is 12. The largest absolute Gasteiger partial charge is 0.490 e. The Kier molecular flexibility index (Phi) is 10.3. The van der Waals surface area contributed by atoms with Gasteiger partial charge in [-0.15, -0.1) is 0 Å². The summed E-state index contributed by atoms with van der Waals surface area (Å²) in [6, 6.07) is 6.18. The summed E-state index contributed by atoms with van der Waals surface area (Å²) < 4.78 is 12.0. The van der Waals surface area contributed by atoms with Crippen LogP contribution in [0.15, 0.2) is 30.4 Å². The lowest BCUT2D eigenvalue weighted by Gasteiger charge is -2.20. The van der Waals surface area contributed by atoms with Crippen LogP contribution in [0.25, 0.3) is 0 Å². The Morgan fingerprint density at radius 1 is 1.00 bits per heavy atom. The quantitative estimate of drug-likeness (QED) is 0.325. The Balaban J connectivity index is 2.73. The summed E-state index contributed by atoms with van der Waals surface area (Å²) in [5.41, 5.74) is 1.21. The van der Waals surface area contributed by atoms with E-state index in [1.807, 2.05) is 13.0 Å². The molecule has 130 valence electrons. The van der Waals surface area contributed by atoms with Gasteiger partial charge in [-0.2, -0.15) is 0 Å². The van der Waals surface area contributed by atoms with Gasteiger partial charge < -0.3 is 9.47 Å². The third-order valence-electron chi connectivity index (χ3n) is 3.87. The van der Waals surface area contributed by atoms with Crippen molar-refractivity contribution in [2.24, 2.45) is 0 Å². The summed E-state index contributed by atoms with van der Waals surface area (Å²) in [6.07, 6.45) is 13.0. The zero-order valence-electron chi connectivity index (χ0n) is 15.4. The highest BCUT2D eigenvalue weighted by Crippen LogP contribution is 2.30. The summed E-state index contributed by atoms with van der Waals surface area (Å²) in [5.74, 6) is 1.74. The fourth-order valence-corrected chi connectivity index (χ4v) is 2.60. The first-order valence-corrected chi connectivity index (χ1v) is 9.26. The molecule has 0 N–H and O–H groups in total. The molecule has 23 heavy (non-hydrogen) atoms. The van der Waals surface area contributed by atoms with Crippen LogP contribution in [-0.4, -0.2) is 12.7 Å². The highest BCUT2D eigenvalue weighted by molar-refractivity contribution is 5.42. The van der Waals surface area contributed by atoms with E-state index in [-0.39, 0.29) is 6.10 Å². The summed E-state index contributed by atoms with van der Waals surface area (Å²) in [5, 5.41) is 0. The van der Waals surface area contributed by atoms with Crippen LogP contribution in [0.4, 0.5) is 0 Å². The predicted molar refractivity (Wildman–Crippen MR) is 99.6 cm³/mol. The van der Waals surface area contributed by atoms with Gasteiger partial charge in [0.05, 0.1) is 6.61 Å². The molecule has 0 saturated carbocycles. The van der Waals surface area contributed by atoms with E-state index in [4.69, 9.17) is 9.47 Å². The third-order valence-corrected chi connectivity index (χ3v) is 3.87. The molecule has 2 nitrogen and oxygen atoms in total. The first kappa shape index (κ1) is 19.6. The van der Waals surface area contributed by atoms with Gasteiger partial charge in [0.2, 0.25) is 0 Å². The first-order chi connectivity index (χ1) is 11.2. The Labute approximate surface area is 142 Å². The van der Waals surface area contributed by atoms with E-state index in [0.717, 1.165) is 30.8 Å². The minimum atomic E-state index is 0.232. The second kappa shape index (κ2) is 12.0. The van der Waals surface area contributed by atoms with Crippen molar-refractivity contribution in [3.05, 3.63) is 35.9 Å². The van der Waals surface area contributed by atoms with Gasteiger partial charge in [-0.1, -0.05) is 51.3 Å². The average molecular weight is 319 g/mol. The van der Waals surface area contributed by atoms with E-state index in [0.29, 0.717) is 6.61 Å². The molecule has 1 atom stereocenters. The lowest BCUT2D eigenvalue weighted by Crippen LogP contribution is -2.16. The van der Waals surface area contributed by atoms with Crippen molar-refractivity contribution in [2.75, 3.05) is 6.61 Å². The molecule has 0 aliphatic rings.